The number of hydrogen-bond donors (Lipinski definition) is 9. The summed E-state index contributed by atoms with van der Waals surface area (Å²) >= 11 is 0. The minimum Gasteiger partial charge on any atom is -0.393 e. The molecule has 1 saturated carbocycles. The van der Waals surface area contributed by atoms with Gasteiger partial charge in [0.25, 0.3) is 0 Å². The number of aliphatic hydroxyl groups excluding tert-OH is 7. The van der Waals surface area contributed by atoms with E-state index in [1.165, 1.54) is 44.6 Å². The highest BCUT2D eigenvalue weighted by molar-refractivity contribution is 7.47. The molecule has 0 bridgehead atoms. The van der Waals surface area contributed by atoms with Gasteiger partial charge in [-0.05, 0) is 57.8 Å². The van der Waals surface area contributed by atoms with Gasteiger partial charge in [0.2, 0.25) is 5.91 Å². The molecule has 0 aromatic heterocycles. The van der Waals surface area contributed by atoms with Gasteiger partial charge >= 0.3 is 7.82 Å². The average molecular weight is 736 g/mol. The molecule has 1 aliphatic carbocycles. The number of rotatable bonds is 28. The van der Waals surface area contributed by atoms with Crippen LogP contribution in [-0.4, -0.2) is 108 Å². The van der Waals surface area contributed by atoms with Crippen molar-refractivity contribution in [2.24, 2.45) is 0 Å². The van der Waals surface area contributed by atoms with E-state index in [0.29, 0.717) is 19.3 Å². The maximum Gasteiger partial charge on any atom is 0.472 e. The lowest BCUT2D eigenvalue weighted by molar-refractivity contribution is -0.220. The van der Waals surface area contributed by atoms with Crippen molar-refractivity contribution < 1.29 is 59.0 Å². The standard InChI is InChI=1S/C36H66NO12P/c1-3-5-7-9-11-13-14-16-17-19-21-23-27(38)25-30(40)37-28(29(39)24-22-20-18-15-12-10-8-6-4-2)26-48-50(46,47)49-36-34(44)32(42)31(41)33(43)35(36)45/h12,15-17,22,24,27-29,31-36,38-39,41-45H,3-11,13-14,18-21,23,25-26H2,1-2H3,(H,37,40)(H,46,47)/b15-12+,17-16-,24-22+. The molecular formula is C36H66NO12P. The van der Waals surface area contributed by atoms with Crippen LogP contribution in [0.5, 0.6) is 0 Å². The van der Waals surface area contributed by atoms with E-state index in [9.17, 15) is 50.0 Å². The number of nitrogens with one attached hydrogen (secondary N) is 1. The Hall–Kier alpha value is -1.48. The summed E-state index contributed by atoms with van der Waals surface area (Å²) in [5.74, 6) is -0.626. The van der Waals surface area contributed by atoms with Crippen LogP contribution < -0.4 is 5.32 Å². The zero-order valence-corrected chi connectivity index (χ0v) is 30.9. The fourth-order valence-electron chi connectivity index (χ4n) is 5.55. The molecule has 0 aromatic rings. The Morgan fingerprint density at radius 1 is 0.700 bits per heavy atom. The smallest absolute Gasteiger partial charge is 0.393 e. The summed E-state index contributed by atoms with van der Waals surface area (Å²) < 4.78 is 22.6. The number of carbonyl (C=O) groups excluding carboxylic acids is 1. The largest absolute Gasteiger partial charge is 0.472 e. The summed E-state index contributed by atoms with van der Waals surface area (Å²) in [6.45, 7) is 3.58. The Morgan fingerprint density at radius 2 is 1.18 bits per heavy atom. The molecule has 0 aromatic carbocycles. The van der Waals surface area contributed by atoms with Crippen molar-refractivity contribution >= 4 is 13.7 Å². The summed E-state index contributed by atoms with van der Waals surface area (Å²) in [6, 6.07) is -1.26. The molecular weight excluding hydrogens is 669 g/mol. The monoisotopic (exact) mass is 735 g/mol. The predicted octanol–water partition coefficient (Wildman–Crippen LogP) is 3.85. The molecule has 50 heavy (non-hydrogen) atoms. The third-order valence-corrected chi connectivity index (χ3v) is 9.68. The Labute approximate surface area is 298 Å². The zero-order valence-electron chi connectivity index (χ0n) is 30.0. The first-order valence-corrected chi connectivity index (χ1v) is 20.0. The molecule has 0 heterocycles. The molecule has 1 fully saturated rings. The molecule has 1 aliphatic rings. The van der Waals surface area contributed by atoms with E-state index in [2.05, 4.69) is 37.4 Å². The maximum atomic E-state index is 12.8. The fraction of sp³-hybridized carbons (Fsp3) is 0.806. The molecule has 0 radical (unpaired) electrons. The molecule has 8 unspecified atom stereocenters. The lowest BCUT2D eigenvalue weighted by Crippen LogP contribution is -2.64. The third-order valence-electron chi connectivity index (χ3n) is 8.70. The SMILES string of the molecule is CCCCC/C=C/CC/C=C/C(O)C(COP(=O)(O)OC1C(O)C(O)C(O)C(O)C1O)NC(=O)CC(O)CCC/C=C\CCCCCCCC. The number of phosphoric acid groups is 1. The van der Waals surface area contributed by atoms with Gasteiger partial charge in [-0.25, -0.2) is 4.57 Å². The number of amides is 1. The van der Waals surface area contributed by atoms with Crippen LogP contribution in [0.25, 0.3) is 0 Å². The predicted molar refractivity (Wildman–Crippen MR) is 192 cm³/mol. The lowest BCUT2D eigenvalue weighted by atomic mass is 9.85. The van der Waals surface area contributed by atoms with Crippen LogP contribution >= 0.6 is 7.82 Å². The second-order valence-corrected chi connectivity index (χ2v) is 14.6. The number of hydrogen-bond acceptors (Lipinski definition) is 11. The quantitative estimate of drug-likeness (QED) is 0.0317. The van der Waals surface area contributed by atoms with E-state index in [1.807, 2.05) is 6.08 Å². The summed E-state index contributed by atoms with van der Waals surface area (Å²) in [5.41, 5.74) is 0. The van der Waals surface area contributed by atoms with E-state index in [1.54, 1.807) is 6.08 Å². The Morgan fingerprint density at radius 3 is 1.80 bits per heavy atom. The van der Waals surface area contributed by atoms with E-state index >= 15 is 0 Å². The van der Waals surface area contributed by atoms with Crippen molar-refractivity contribution in [2.45, 2.75) is 178 Å². The van der Waals surface area contributed by atoms with Crippen LogP contribution in [0.3, 0.4) is 0 Å². The minimum atomic E-state index is -5.14. The normalized spacial score (nSPS) is 26.0. The van der Waals surface area contributed by atoms with Gasteiger partial charge in [0, 0.05) is 0 Å². The second kappa shape index (κ2) is 27.2. The maximum absolute atomic E-state index is 12.8. The van der Waals surface area contributed by atoms with Crippen molar-refractivity contribution in [3.63, 3.8) is 0 Å². The van der Waals surface area contributed by atoms with Crippen molar-refractivity contribution in [3.05, 3.63) is 36.5 Å². The third kappa shape index (κ3) is 19.9. The van der Waals surface area contributed by atoms with Crippen LogP contribution in [0.15, 0.2) is 36.5 Å². The highest BCUT2D eigenvalue weighted by Crippen LogP contribution is 2.47. The highest BCUT2D eigenvalue weighted by Gasteiger charge is 2.51. The molecule has 0 spiro atoms. The molecule has 8 atom stereocenters. The zero-order chi connectivity index (χ0) is 37.4. The highest BCUT2D eigenvalue weighted by atomic mass is 31.2. The summed E-state index contributed by atoms with van der Waals surface area (Å²) in [4.78, 5) is 23.2. The van der Waals surface area contributed by atoms with Gasteiger partial charge < -0.3 is 46.0 Å². The molecule has 292 valence electrons. The summed E-state index contributed by atoms with van der Waals surface area (Å²) in [6.07, 6.45) is 12.9. The summed E-state index contributed by atoms with van der Waals surface area (Å²) in [5, 5.41) is 73.7. The van der Waals surface area contributed by atoms with Crippen LogP contribution in [-0.2, 0) is 18.4 Å². The molecule has 1 rings (SSSR count). The van der Waals surface area contributed by atoms with Gasteiger partial charge in [-0.15, -0.1) is 0 Å². The fourth-order valence-corrected chi connectivity index (χ4v) is 6.51. The van der Waals surface area contributed by atoms with Gasteiger partial charge in [0.05, 0.1) is 31.3 Å². The molecule has 9 N–H and O–H groups in total. The van der Waals surface area contributed by atoms with Crippen LogP contribution in [0.2, 0.25) is 0 Å². The van der Waals surface area contributed by atoms with Crippen molar-refractivity contribution in [1.29, 1.82) is 0 Å². The van der Waals surface area contributed by atoms with Crippen LogP contribution in [0, 0.1) is 0 Å². The van der Waals surface area contributed by atoms with Crippen LogP contribution in [0.4, 0.5) is 0 Å². The topological polar surface area (TPSA) is 226 Å². The van der Waals surface area contributed by atoms with Gasteiger partial charge in [-0.1, -0.05) is 95.2 Å². The summed E-state index contributed by atoms with van der Waals surface area (Å²) in [7, 11) is -5.14. The van der Waals surface area contributed by atoms with E-state index in [-0.39, 0.29) is 6.42 Å². The minimum absolute atomic E-state index is 0.275. The lowest BCUT2D eigenvalue weighted by Gasteiger charge is -2.41. The molecule has 1 amide bonds. The van der Waals surface area contributed by atoms with E-state index in [0.717, 1.165) is 44.9 Å². The van der Waals surface area contributed by atoms with Gasteiger partial charge in [-0.2, -0.15) is 0 Å². The molecule has 0 aliphatic heterocycles. The number of phosphoric ester groups is 1. The number of unbranched alkanes of at least 4 members (excludes halogenated alkanes) is 11. The Kier molecular flexibility index (Phi) is 25.3. The van der Waals surface area contributed by atoms with Crippen molar-refractivity contribution in [2.75, 3.05) is 6.61 Å². The number of aliphatic hydroxyl groups is 7. The van der Waals surface area contributed by atoms with Gasteiger partial charge in [-0.3, -0.25) is 13.8 Å². The average Bonchev–Trinajstić information content (AvgIpc) is 3.08. The van der Waals surface area contributed by atoms with Crippen molar-refractivity contribution in [1.82, 2.24) is 5.32 Å². The first kappa shape index (κ1) is 46.5. The first-order valence-electron chi connectivity index (χ1n) is 18.5. The second-order valence-electron chi connectivity index (χ2n) is 13.2. The molecule has 0 saturated heterocycles. The first-order chi connectivity index (χ1) is 23.8. The van der Waals surface area contributed by atoms with E-state index < -0.39 is 75.2 Å². The van der Waals surface area contributed by atoms with Crippen LogP contribution in [0.1, 0.15) is 123 Å². The van der Waals surface area contributed by atoms with E-state index in [4.69, 9.17) is 9.05 Å². The number of carbonyl (C=O) groups is 1. The van der Waals surface area contributed by atoms with Crippen molar-refractivity contribution in [3.8, 4) is 0 Å². The Balaban J connectivity index is 2.72. The molecule has 13 nitrogen and oxygen atoms in total. The number of allylic oxidation sites excluding steroid dienone is 5. The molecule has 14 heteroatoms. The van der Waals surface area contributed by atoms with Gasteiger partial charge in [0.1, 0.15) is 36.6 Å². The Bertz CT molecular complexity index is 1010. The van der Waals surface area contributed by atoms with Gasteiger partial charge in [0.15, 0.2) is 0 Å².